The Morgan fingerprint density at radius 2 is 2.07 bits per heavy atom. The largest absolute Gasteiger partial charge is 0.497 e. The summed E-state index contributed by atoms with van der Waals surface area (Å²) in [5.74, 6) is 1.21. The van der Waals surface area contributed by atoms with Gasteiger partial charge in [-0.25, -0.2) is 9.97 Å². The van der Waals surface area contributed by atoms with E-state index in [9.17, 15) is 4.79 Å². The van der Waals surface area contributed by atoms with Crippen LogP contribution in [0.25, 0.3) is 0 Å². The van der Waals surface area contributed by atoms with E-state index in [1.54, 1.807) is 13.3 Å². The number of piperidine rings is 1. The van der Waals surface area contributed by atoms with E-state index in [1.807, 2.05) is 31.2 Å². The molecule has 1 aliphatic rings. The minimum absolute atomic E-state index is 0.111. The second-order valence-corrected chi connectivity index (χ2v) is 7.41. The van der Waals surface area contributed by atoms with E-state index in [0.29, 0.717) is 30.3 Å². The predicted molar refractivity (Wildman–Crippen MR) is 114 cm³/mol. The first kappa shape index (κ1) is 21.0. The molecule has 2 N–H and O–H groups in total. The summed E-state index contributed by atoms with van der Waals surface area (Å²) in [5, 5.41) is 6.18. The number of nitrogens with zero attached hydrogens (tertiary/aromatic N) is 3. The summed E-state index contributed by atoms with van der Waals surface area (Å²) in [6.07, 6.45) is 6.49. The molecular weight excluding hydrogens is 366 g/mol. The van der Waals surface area contributed by atoms with Gasteiger partial charge in [0.2, 0.25) is 5.95 Å². The zero-order valence-corrected chi connectivity index (χ0v) is 17.4. The van der Waals surface area contributed by atoms with Crippen molar-refractivity contribution in [2.45, 2.75) is 39.2 Å². The number of hydrogen-bond acceptors (Lipinski definition) is 6. The van der Waals surface area contributed by atoms with Gasteiger partial charge in [0.15, 0.2) is 0 Å². The maximum atomic E-state index is 12.4. The normalized spacial score (nSPS) is 14.4. The lowest BCUT2D eigenvalue weighted by Gasteiger charge is -2.26. The number of carbonyl (C=O) groups is 1. The van der Waals surface area contributed by atoms with Gasteiger partial charge in [0.25, 0.3) is 5.91 Å². The van der Waals surface area contributed by atoms with Crippen molar-refractivity contribution in [1.82, 2.24) is 20.2 Å². The number of hydrogen-bond donors (Lipinski definition) is 2. The number of benzene rings is 1. The van der Waals surface area contributed by atoms with Crippen LogP contribution in [0.5, 0.6) is 5.75 Å². The number of likely N-dealkylation sites (tertiary alicyclic amines) is 1. The predicted octanol–water partition coefficient (Wildman–Crippen LogP) is 3.01. The van der Waals surface area contributed by atoms with E-state index in [1.165, 1.54) is 32.4 Å². The quantitative estimate of drug-likeness (QED) is 0.633. The Balaban J connectivity index is 1.45. The Morgan fingerprint density at radius 3 is 2.83 bits per heavy atom. The number of nitrogens with one attached hydrogen (secondary N) is 2. The molecule has 1 amide bonds. The molecule has 2 aromatic rings. The molecule has 0 spiro atoms. The average Bonchev–Trinajstić information content (AvgIpc) is 2.76. The molecule has 0 bridgehead atoms. The third kappa shape index (κ3) is 6.42. The fourth-order valence-electron chi connectivity index (χ4n) is 3.52. The summed E-state index contributed by atoms with van der Waals surface area (Å²) in [5.41, 5.74) is 2.26. The summed E-state index contributed by atoms with van der Waals surface area (Å²) < 4.78 is 5.24. The van der Waals surface area contributed by atoms with Crippen LogP contribution in [0.3, 0.4) is 0 Å². The van der Waals surface area contributed by atoms with Gasteiger partial charge in [-0.15, -0.1) is 0 Å². The number of ether oxygens (including phenoxy) is 1. The third-order valence-corrected chi connectivity index (χ3v) is 5.19. The highest BCUT2D eigenvalue weighted by molar-refractivity contribution is 5.94. The summed E-state index contributed by atoms with van der Waals surface area (Å²) in [6, 6.07) is 7.82. The average molecular weight is 398 g/mol. The van der Waals surface area contributed by atoms with Crippen molar-refractivity contribution in [3.05, 3.63) is 47.3 Å². The van der Waals surface area contributed by atoms with Gasteiger partial charge >= 0.3 is 0 Å². The van der Waals surface area contributed by atoms with E-state index in [4.69, 9.17) is 4.74 Å². The Morgan fingerprint density at radius 1 is 1.24 bits per heavy atom. The molecule has 1 saturated heterocycles. The van der Waals surface area contributed by atoms with Crippen molar-refractivity contribution in [3.8, 4) is 5.75 Å². The molecule has 156 valence electrons. The first-order chi connectivity index (χ1) is 14.2. The second-order valence-electron chi connectivity index (χ2n) is 7.41. The van der Waals surface area contributed by atoms with Crippen molar-refractivity contribution >= 4 is 11.9 Å². The second kappa shape index (κ2) is 10.8. The molecule has 0 saturated carbocycles. The Bertz CT molecular complexity index is 806. The summed E-state index contributed by atoms with van der Waals surface area (Å²) >= 11 is 0. The lowest BCUT2D eigenvalue weighted by molar-refractivity contribution is 0.0949. The van der Waals surface area contributed by atoms with Crippen molar-refractivity contribution in [1.29, 1.82) is 0 Å². The first-order valence-electron chi connectivity index (χ1n) is 10.4. The molecule has 0 atom stereocenters. The Hall–Kier alpha value is -2.67. The van der Waals surface area contributed by atoms with Crippen LogP contribution in [0.15, 0.2) is 30.5 Å². The van der Waals surface area contributed by atoms with E-state index in [0.717, 1.165) is 24.3 Å². The molecule has 0 unspecified atom stereocenters. The molecule has 2 heterocycles. The molecule has 1 fully saturated rings. The topological polar surface area (TPSA) is 79.4 Å². The van der Waals surface area contributed by atoms with Gasteiger partial charge in [0.1, 0.15) is 5.75 Å². The first-order valence-corrected chi connectivity index (χ1v) is 10.4. The molecule has 0 aliphatic carbocycles. The van der Waals surface area contributed by atoms with E-state index < -0.39 is 0 Å². The van der Waals surface area contributed by atoms with E-state index in [2.05, 4.69) is 25.5 Å². The van der Waals surface area contributed by atoms with E-state index >= 15 is 0 Å². The molecule has 7 nitrogen and oxygen atoms in total. The standard InChI is InChI=1S/C22H31N5O2/c1-17-20(21(28)23-10-7-13-27-11-4-3-5-12-27)16-25-22(26-17)24-15-18-8-6-9-19(14-18)29-2/h6,8-9,14,16H,3-5,7,10-13,15H2,1-2H3,(H,23,28)(H,24,25,26). The van der Waals surface area contributed by atoms with Crippen LogP contribution in [0.2, 0.25) is 0 Å². The SMILES string of the molecule is COc1cccc(CNc2ncc(C(=O)NCCCN3CCCCC3)c(C)n2)c1. The highest BCUT2D eigenvalue weighted by atomic mass is 16.5. The molecule has 1 aromatic carbocycles. The van der Waals surface area contributed by atoms with E-state index in [-0.39, 0.29) is 5.91 Å². The fraction of sp³-hybridized carbons (Fsp3) is 0.500. The summed E-state index contributed by atoms with van der Waals surface area (Å²) in [7, 11) is 1.65. The van der Waals surface area contributed by atoms with Gasteiger partial charge in [-0.1, -0.05) is 18.6 Å². The molecule has 0 radical (unpaired) electrons. The molecule has 7 heteroatoms. The lowest BCUT2D eigenvalue weighted by atomic mass is 10.1. The zero-order chi connectivity index (χ0) is 20.5. The fourth-order valence-corrected chi connectivity index (χ4v) is 3.52. The van der Waals surface area contributed by atoms with Crippen LogP contribution < -0.4 is 15.4 Å². The van der Waals surface area contributed by atoms with Crippen LogP contribution in [-0.4, -0.2) is 54.1 Å². The Labute approximate surface area is 172 Å². The number of anilines is 1. The van der Waals surface area contributed by atoms with Crippen molar-refractivity contribution in [3.63, 3.8) is 0 Å². The number of aromatic nitrogens is 2. The minimum atomic E-state index is -0.111. The number of amides is 1. The third-order valence-electron chi connectivity index (χ3n) is 5.19. The molecular formula is C22H31N5O2. The van der Waals surface area contributed by atoms with Crippen molar-refractivity contribution < 1.29 is 9.53 Å². The number of methoxy groups -OCH3 is 1. The number of carbonyl (C=O) groups excluding carboxylic acids is 1. The zero-order valence-electron chi connectivity index (χ0n) is 17.4. The molecule has 3 rings (SSSR count). The van der Waals surface area contributed by atoms with Crippen LogP contribution in [0, 0.1) is 6.92 Å². The van der Waals surface area contributed by atoms with Crippen LogP contribution >= 0.6 is 0 Å². The lowest BCUT2D eigenvalue weighted by Crippen LogP contribution is -2.33. The molecule has 1 aliphatic heterocycles. The monoisotopic (exact) mass is 397 g/mol. The van der Waals surface area contributed by atoms with Gasteiger partial charge in [-0.3, -0.25) is 4.79 Å². The van der Waals surface area contributed by atoms with Gasteiger partial charge in [-0.2, -0.15) is 0 Å². The van der Waals surface area contributed by atoms with Crippen molar-refractivity contribution in [2.75, 3.05) is 38.6 Å². The van der Waals surface area contributed by atoms with Gasteiger partial charge < -0.3 is 20.3 Å². The highest BCUT2D eigenvalue weighted by Gasteiger charge is 2.13. The number of rotatable bonds is 9. The number of aryl methyl sites for hydroxylation is 1. The molecule has 1 aromatic heterocycles. The maximum Gasteiger partial charge on any atom is 0.254 e. The summed E-state index contributed by atoms with van der Waals surface area (Å²) in [4.78, 5) is 23.6. The maximum absolute atomic E-state index is 12.4. The van der Waals surface area contributed by atoms with Gasteiger partial charge in [-0.05, 0) is 63.5 Å². The minimum Gasteiger partial charge on any atom is -0.497 e. The highest BCUT2D eigenvalue weighted by Crippen LogP contribution is 2.14. The van der Waals surface area contributed by atoms with Crippen LogP contribution in [-0.2, 0) is 6.54 Å². The smallest absolute Gasteiger partial charge is 0.254 e. The van der Waals surface area contributed by atoms with Gasteiger partial charge in [0, 0.05) is 19.3 Å². The van der Waals surface area contributed by atoms with Crippen LogP contribution in [0.1, 0.15) is 47.3 Å². The van der Waals surface area contributed by atoms with Gasteiger partial charge in [0.05, 0.1) is 18.4 Å². The van der Waals surface area contributed by atoms with Crippen LogP contribution in [0.4, 0.5) is 5.95 Å². The Kier molecular flexibility index (Phi) is 7.81. The molecule has 29 heavy (non-hydrogen) atoms. The van der Waals surface area contributed by atoms with Crippen molar-refractivity contribution in [2.24, 2.45) is 0 Å². The summed E-state index contributed by atoms with van der Waals surface area (Å²) in [6.45, 7) is 6.50.